The van der Waals surface area contributed by atoms with E-state index in [1.807, 2.05) is 0 Å². The summed E-state index contributed by atoms with van der Waals surface area (Å²) in [6, 6.07) is 2.82. The fraction of sp³-hybridized carbons (Fsp3) is 0.222. The Morgan fingerprint density at radius 3 is 2.24 bits per heavy atom. The zero-order valence-electron chi connectivity index (χ0n) is 8.63. The molecule has 1 rings (SSSR count). The Labute approximate surface area is 117 Å². The van der Waals surface area contributed by atoms with Gasteiger partial charge in [0.1, 0.15) is 10.7 Å². The number of carbonyl (C=O) groups is 1. The van der Waals surface area contributed by atoms with Crippen molar-refractivity contribution in [1.82, 2.24) is 4.72 Å². The van der Waals surface area contributed by atoms with Gasteiger partial charge in [0.25, 0.3) is 0 Å². The van der Waals surface area contributed by atoms with Gasteiger partial charge < -0.3 is 0 Å². The minimum absolute atomic E-state index is 0.0135. The maximum Gasteiger partial charge on any atom is 0.243 e. The Balaban J connectivity index is 3.20. The summed E-state index contributed by atoms with van der Waals surface area (Å²) in [5.74, 6) is -0.307. The molecular formula is C9H8BrCl2NO3S. The SMILES string of the molecule is CC(=O)CNS(=O)(=O)c1c(Cl)cc(Br)cc1Cl. The Morgan fingerprint density at radius 1 is 1.35 bits per heavy atom. The molecule has 0 saturated carbocycles. The molecule has 0 spiro atoms. The average molecular weight is 361 g/mol. The number of benzene rings is 1. The molecule has 94 valence electrons. The quantitative estimate of drug-likeness (QED) is 0.897. The minimum Gasteiger partial charge on any atom is -0.299 e. The number of hydrogen-bond donors (Lipinski definition) is 1. The molecule has 0 aromatic heterocycles. The normalized spacial score (nSPS) is 11.5. The molecule has 0 saturated heterocycles. The molecule has 0 aliphatic carbocycles. The molecule has 1 aromatic carbocycles. The van der Waals surface area contributed by atoms with E-state index in [1.54, 1.807) is 0 Å². The molecule has 0 aliphatic heterocycles. The van der Waals surface area contributed by atoms with Crippen molar-refractivity contribution < 1.29 is 13.2 Å². The monoisotopic (exact) mass is 359 g/mol. The summed E-state index contributed by atoms with van der Waals surface area (Å²) >= 11 is 14.8. The zero-order chi connectivity index (χ0) is 13.2. The minimum atomic E-state index is -3.89. The lowest BCUT2D eigenvalue weighted by Gasteiger charge is -2.09. The lowest BCUT2D eigenvalue weighted by atomic mass is 10.4. The van der Waals surface area contributed by atoms with Crippen LogP contribution in [-0.4, -0.2) is 20.7 Å². The number of hydrogen-bond acceptors (Lipinski definition) is 3. The molecule has 4 nitrogen and oxygen atoms in total. The second-order valence-corrected chi connectivity index (χ2v) is 6.66. The van der Waals surface area contributed by atoms with Crippen molar-refractivity contribution in [2.24, 2.45) is 0 Å². The Kier molecular flexibility index (Phi) is 4.97. The van der Waals surface area contributed by atoms with Crippen molar-refractivity contribution in [3.05, 3.63) is 26.7 Å². The van der Waals surface area contributed by atoms with Crippen molar-refractivity contribution in [2.45, 2.75) is 11.8 Å². The number of Topliss-reactive ketones (excluding diaryl/α,β-unsaturated/α-hetero) is 1. The van der Waals surface area contributed by atoms with Crippen molar-refractivity contribution in [3.63, 3.8) is 0 Å². The zero-order valence-corrected chi connectivity index (χ0v) is 12.5. The summed E-state index contributed by atoms with van der Waals surface area (Å²) in [6.07, 6.45) is 0. The topological polar surface area (TPSA) is 63.2 Å². The number of carbonyl (C=O) groups excluding carboxylic acids is 1. The van der Waals surface area contributed by atoms with Crippen LogP contribution in [-0.2, 0) is 14.8 Å². The van der Waals surface area contributed by atoms with Crippen LogP contribution >= 0.6 is 39.1 Å². The Bertz CT molecular complexity index is 536. The average Bonchev–Trinajstić information content (AvgIpc) is 2.12. The molecule has 0 radical (unpaired) electrons. The third-order valence-corrected chi connectivity index (χ3v) is 4.52. The first-order valence-electron chi connectivity index (χ1n) is 4.37. The van der Waals surface area contributed by atoms with E-state index in [-0.39, 0.29) is 27.3 Å². The van der Waals surface area contributed by atoms with Gasteiger partial charge in [-0.1, -0.05) is 39.1 Å². The van der Waals surface area contributed by atoms with Crippen LogP contribution in [0.1, 0.15) is 6.92 Å². The molecule has 8 heteroatoms. The largest absolute Gasteiger partial charge is 0.299 e. The fourth-order valence-corrected chi connectivity index (χ4v) is 4.04. The van der Waals surface area contributed by atoms with Crippen LogP contribution in [0.4, 0.5) is 0 Å². The van der Waals surface area contributed by atoms with Crippen molar-refractivity contribution in [2.75, 3.05) is 6.54 Å². The Hall–Kier alpha value is -0.140. The molecule has 0 atom stereocenters. The van der Waals surface area contributed by atoms with Crippen LogP contribution in [0, 0.1) is 0 Å². The highest BCUT2D eigenvalue weighted by Gasteiger charge is 2.22. The standard InChI is InChI=1S/C9H8BrCl2NO3S/c1-5(14)4-13-17(15,16)9-7(11)2-6(10)3-8(9)12/h2-3,13H,4H2,1H3. The maximum atomic E-state index is 11.8. The fourth-order valence-electron chi connectivity index (χ4n) is 1.05. The van der Waals surface area contributed by atoms with Gasteiger partial charge in [0, 0.05) is 4.47 Å². The van der Waals surface area contributed by atoms with Gasteiger partial charge in [0.15, 0.2) is 0 Å². The Morgan fingerprint density at radius 2 is 1.82 bits per heavy atom. The van der Waals surface area contributed by atoms with E-state index in [9.17, 15) is 13.2 Å². The molecule has 0 amide bonds. The van der Waals surface area contributed by atoms with E-state index >= 15 is 0 Å². The molecule has 0 heterocycles. The molecular weight excluding hydrogens is 353 g/mol. The highest BCUT2D eigenvalue weighted by Crippen LogP contribution is 2.32. The first-order valence-corrected chi connectivity index (χ1v) is 7.41. The van der Waals surface area contributed by atoms with Gasteiger partial charge in [0.2, 0.25) is 10.0 Å². The second-order valence-electron chi connectivity index (χ2n) is 3.23. The molecule has 1 N–H and O–H groups in total. The summed E-state index contributed by atoms with van der Waals surface area (Å²) in [6.45, 7) is 0.971. The molecule has 0 unspecified atom stereocenters. The molecule has 1 aromatic rings. The van der Waals surface area contributed by atoms with Crippen molar-refractivity contribution in [3.8, 4) is 0 Å². The van der Waals surface area contributed by atoms with Gasteiger partial charge in [0.05, 0.1) is 16.6 Å². The lowest BCUT2D eigenvalue weighted by Crippen LogP contribution is -2.28. The smallest absolute Gasteiger partial charge is 0.243 e. The summed E-state index contributed by atoms with van der Waals surface area (Å²) in [4.78, 5) is 10.5. The van der Waals surface area contributed by atoms with Gasteiger partial charge in [-0.15, -0.1) is 0 Å². The summed E-state index contributed by atoms with van der Waals surface area (Å²) in [5, 5.41) is -0.0270. The van der Waals surface area contributed by atoms with E-state index in [0.717, 1.165) is 0 Å². The van der Waals surface area contributed by atoms with Crippen LogP contribution in [0.3, 0.4) is 0 Å². The predicted octanol–water partition coefficient (Wildman–Crippen LogP) is 2.62. The van der Waals surface area contributed by atoms with Gasteiger partial charge in [-0.3, -0.25) is 4.79 Å². The van der Waals surface area contributed by atoms with Gasteiger partial charge in [-0.05, 0) is 19.1 Å². The second kappa shape index (κ2) is 5.67. The third-order valence-electron chi connectivity index (χ3n) is 1.74. The summed E-state index contributed by atoms with van der Waals surface area (Å²) < 4.78 is 26.4. The molecule has 0 aliphatic rings. The molecule has 17 heavy (non-hydrogen) atoms. The number of ketones is 1. The van der Waals surface area contributed by atoms with Crippen LogP contribution in [0.25, 0.3) is 0 Å². The summed E-state index contributed by atoms with van der Waals surface area (Å²) in [7, 11) is -3.89. The van der Waals surface area contributed by atoms with Gasteiger partial charge >= 0.3 is 0 Å². The first-order chi connectivity index (χ1) is 7.74. The van der Waals surface area contributed by atoms with E-state index in [4.69, 9.17) is 23.2 Å². The predicted molar refractivity (Wildman–Crippen MR) is 70.0 cm³/mol. The highest BCUT2D eigenvalue weighted by atomic mass is 79.9. The van der Waals surface area contributed by atoms with Gasteiger partial charge in [-0.25, -0.2) is 13.1 Å². The first kappa shape index (κ1) is 14.9. The van der Waals surface area contributed by atoms with Crippen LogP contribution in [0.5, 0.6) is 0 Å². The molecule has 0 bridgehead atoms. The summed E-state index contributed by atoms with van der Waals surface area (Å²) in [5.41, 5.74) is 0. The van der Waals surface area contributed by atoms with Gasteiger partial charge in [-0.2, -0.15) is 0 Å². The van der Waals surface area contributed by atoms with Crippen LogP contribution in [0.15, 0.2) is 21.5 Å². The number of rotatable bonds is 4. The van der Waals surface area contributed by atoms with Crippen LogP contribution < -0.4 is 4.72 Å². The highest BCUT2D eigenvalue weighted by molar-refractivity contribution is 9.10. The van der Waals surface area contributed by atoms with Crippen LogP contribution in [0.2, 0.25) is 10.0 Å². The number of nitrogens with one attached hydrogen (secondary N) is 1. The van der Waals surface area contributed by atoms with Crippen molar-refractivity contribution >= 4 is 54.9 Å². The lowest BCUT2D eigenvalue weighted by molar-refractivity contribution is -0.115. The van der Waals surface area contributed by atoms with Crippen molar-refractivity contribution in [1.29, 1.82) is 0 Å². The van der Waals surface area contributed by atoms with E-state index in [1.165, 1.54) is 19.1 Å². The third kappa shape index (κ3) is 3.93. The molecule has 0 fully saturated rings. The van der Waals surface area contributed by atoms with E-state index in [2.05, 4.69) is 20.7 Å². The van der Waals surface area contributed by atoms with E-state index < -0.39 is 10.0 Å². The number of sulfonamides is 1. The number of halogens is 3. The van der Waals surface area contributed by atoms with E-state index in [0.29, 0.717) is 4.47 Å². The maximum absolute atomic E-state index is 11.8.